The van der Waals surface area contributed by atoms with Crippen LogP contribution in [-0.4, -0.2) is 27.6 Å². The minimum absolute atomic E-state index is 0.0101. The smallest absolute Gasteiger partial charge is 0.232 e. The zero-order valence-corrected chi connectivity index (χ0v) is 13.3. The summed E-state index contributed by atoms with van der Waals surface area (Å²) in [5.74, 6) is 0.0272. The van der Waals surface area contributed by atoms with Crippen molar-refractivity contribution in [3.05, 3.63) is 24.3 Å². The molecule has 2 rings (SSSR count). The van der Waals surface area contributed by atoms with Crippen molar-refractivity contribution in [2.75, 3.05) is 22.9 Å². The van der Waals surface area contributed by atoms with Crippen molar-refractivity contribution in [3.63, 3.8) is 0 Å². The zero-order valence-electron chi connectivity index (χ0n) is 12.5. The molecule has 5 nitrogen and oxygen atoms in total. The molecule has 1 fully saturated rings. The summed E-state index contributed by atoms with van der Waals surface area (Å²) in [6, 6.07) is 6.97. The van der Waals surface area contributed by atoms with Gasteiger partial charge in [-0.05, 0) is 25.0 Å². The molecule has 0 saturated heterocycles. The molecule has 0 bridgehead atoms. The summed E-state index contributed by atoms with van der Waals surface area (Å²) in [6.45, 7) is 0. The van der Waals surface area contributed by atoms with E-state index in [0.29, 0.717) is 11.4 Å². The molecule has 21 heavy (non-hydrogen) atoms. The number of nitrogens with one attached hydrogen (secondary N) is 1. The second-order valence-electron chi connectivity index (χ2n) is 5.57. The normalized spacial score (nSPS) is 16.5. The summed E-state index contributed by atoms with van der Waals surface area (Å²) in [7, 11) is -1.87. The van der Waals surface area contributed by atoms with Gasteiger partial charge in [0.2, 0.25) is 15.9 Å². The van der Waals surface area contributed by atoms with Gasteiger partial charge >= 0.3 is 0 Å². The number of hydrogen-bond donors (Lipinski definition) is 1. The molecule has 1 amide bonds. The third-order valence-corrected chi connectivity index (χ3v) is 5.17. The van der Waals surface area contributed by atoms with E-state index >= 15 is 0 Å². The van der Waals surface area contributed by atoms with Crippen molar-refractivity contribution in [1.82, 2.24) is 0 Å². The maximum atomic E-state index is 12.3. The van der Waals surface area contributed by atoms with Crippen molar-refractivity contribution in [2.24, 2.45) is 5.92 Å². The second kappa shape index (κ2) is 6.47. The zero-order chi connectivity index (χ0) is 15.5. The highest BCUT2D eigenvalue weighted by Crippen LogP contribution is 2.29. The van der Waals surface area contributed by atoms with Gasteiger partial charge in [-0.1, -0.05) is 31.4 Å². The van der Waals surface area contributed by atoms with Gasteiger partial charge in [0.25, 0.3) is 0 Å². The van der Waals surface area contributed by atoms with E-state index in [9.17, 15) is 13.2 Å². The molecule has 1 aliphatic rings. The Hall–Kier alpha value is -1.56. The lowest BCUT2D eigenvalue weighted by Gasteiger charge is -2.24. The van der Waals surface area contributed by atoms with Crippen LogP contribution in [0.4, 0.5) is 11.4 Å². The van der Waals surface area contributed by atoms with E-state index < -0.39 is 10.0 Å². The third kappa shape index (κ3) is 3.97. The molecule has 116 valence electrons. The number of sulfonamides is 1. The Morgan fingerprint density at radius 2 is 1.81 bits per heavy atom. The lowest BCUT2D eigenvalue weighted by Crippen LogP contribution is -2.28. The first-order valence-electron chi connectivity index (χ1n) is 7.23. The average molecular weight is 310 g/mol. The van der Waals surface area contributed by atoms with Crippen LogP contribution in [0.15, 0.2) is 24.3 Å². The van der Waals surface area contributed by atoms with E-state index in [4.69, 9.17) is 0 Å². The summed E-state index contributed by atoms with van der Waals surface area (Å²) >= 11 is 0. The highest BCUT2D eigenvalue weighted by Gasteiger charge is 2.23. The maximum Gasteiger partial charge on any atom is 0.232 e. The lowest BCUT2D eigenvalue weighted by atomic mass is 9.88. The van der Waals surface area contributed by atoms with Crippen molar-refractivity contribution in [1.29, 1.82) is 0 Å². The number of nitrogens with zero attached hydrogens (tertiary/aromatic N) is 1. The fraction of sp³-hybridized carbons (Fsp3) is 0.533. The predicted molar refractivity (Wildman–Crippen MR) is 84.9 cm³/mol. The largest absolute Gasteiger partial charge is 0.324 e. The Morgan fingerprint density at radius 3 is 2.43 bits per heavy atom. The number of carbonyl (C=O) groups is 1. The Labute approximate surface area is 126 Å². The molecule has 0 aromatic heterocycles. The van der Waals surface area contributed by atoms with Gasteiger partial charge in [-0.2, -0.15) is 0 Å². The van der Waals surface area contributed by atoms with E-state index in [1.54, 1.807) is 24.3 Å². The van der Waals surface area contributed by atoms with Gasteiger partial charge in [0.05, 0.1) is 17.6 Å². The quantitative estimate of drug-likeness (QED) is 0.929. The topological polar surface area (TPSA) is 66.5 Å². The highest BCUT2D eigenvalue weighted by atomic mass is 32.2. The molecule has 0 unspecified atom stereocenters. The van der Waals surface area contributed by atoms with Gasteiger partial charge in [-0.25, -0.2) is 8.42 Å². The molecule has 1 aliphatic carbocycles. The van der Waals surface area contributed by atoms with Gasteiger partial charge in [0.1, 0.15) is 0 Å². The minimum Gasteiger partial charge on any atom is -0.324 e. The van der Waals surface area contributed by atoms with Gasteiger partial charge in [-0.3, -0.25) is 9.10 Å². The van der Waals surface area contributed by atoms with Crippen LogP contribution in [0.5, 0.6) is 0 Å². The van der Waals surface area contributed by atoms with E-state index in [2.05, 4.69) is 5.32 Å². The first kappa shape index (κ1) is 15.8. The van der Waals surface area contributed by atoms with Crippen molar-refractivity contribution >= 4 is 27.3 Å². The Bertz CT molecular complexity index is 607. The van der Waals surface area contributed by atoms with Crippen molar-refractivity contribution in [2.45, 2.75) is 32.1 Å². The molecule has 0 aliphatic heterocycles. The molecular formula is C15H22N2O3S. The molecule has 1 aromatic carbocycles. The Balaban J connectivity index is 2.18. The predicted octanol–water partition coefficient (Wildman–Crippen LogP) is 2.60. The van der Waals surface area contributed by atoms with Crippen LogP contribution < -0.4 is 9.62 Å². The van der Waals surface area contributed by atoms with Crippen LogP contribution in [0.3, 0.4) is 0 Å². The summed E-state index contributed by atoms with van der Waals surface area (Å²) in [6.07, 6.45) is 6.34. The lowest BCUT2D eigenvalue weighted by molar-refractivity contribution is -0.120. The highest BCUT2D eigenvalue weighted by molar-refractivity contribution is 7.92. The molecule has 1 aromatic rings. The molecular weight excluding hydrogens is 288 g/mol. The fourth-order valence-electron chi connectivity index (χ4n) is 2.63. The number of hydrogen-bond acceptors (Lipinski definition) is 3. The van der Waals surface area contributed by atoms with Crippen LogP contribution in [0.2, 0.25) is 0 Å². The number of para-hydroxylation sites is 2. The standard InChI is InChI=1S/C15H22N2O3S/c1-17(21(2,19)20)14-11-7-6-10-13(14)16-15(18)12-8-4-3-5-9-12/h6-7,10-12H,3-5,8-9H2,1-2H3,(H,16,18). The molecule has 0 heterocycles. The summed E-state index contributed by atoms with van der Waals surface area (Å²) < 4.78 is 24.6. The van der Waals surface area contributed by atoms with Gasteiger partial charge < -0.3 is 5.32 Å². The minimum atomic E-state index is -3.36. The monoisotopic (exact) mass is 310 g/mol. The molecule has 1 N–H and O–H groups in total. The maximum absolute atomic E-state index is 12.3. The SMILES string of the molecule is CN(c1ccccc1NC(=O)C1CCCCC1)S(C)(=O)=O. The van der Waals surface area contributed by atoms with Gasteiger partial charge in [-0.15, -0.1) is 0 Å². The second-order valence-corrected chi connectivity index (χ2v) is 7.59. The summed E-state index contributed by atoms with van der Waals surface area (Å²) in [4.78, 5) is 12.3. The molecule has 0 atom stereocenters. The van der Waals surface area contributed by atoms with E-state index in [0.717, 1.165) is 31.9 Å². The first-order chi connectivity index (χ1) is 9.89. The van der Waals surface area contributed by atoms with E-state index in [1.807, 2.05) is 0 Å². The number of anilines is 2. The van der Waals surface area contributed by atoms with Gasteiger partial charge in [0, 0.05) is 13.0 Å². The van der Waals surface area contributed by atoms with Crippen molar-refractivity contribution < 1.29 is 13.2 Å². The fourth-order valence-corrected chi connectivity index (χ4v) is 3.15. The van der Waals surface area contributed by atoms with Crippen LogP contribution >= 0.6 is 0 Å². The third-order valence-electron chi connectivity index (χ3n) is 3.97. The number of amides is 1. The number of benzene rings is 1. The Kier molecular flexibility index (Phi) is 4.88. The van der Waals surface area contributed by atoms with Crippen molar-refractivity contribution in [3.8, 4) is 0 Å². The molecule has 0 radical (unpaired) electrons. The molecule has 1 saturated carbocycles. The van der Waals surface area contributed by atoms with Gasteiger partial charge in [0.15, 0.2) is 0 Å². The average Bonchev–Trinajstić information content (AvgIpc) is 2.47. The van der Waals surface area contributed by atoms with E-state index in [-0.39, 0.29) is 11.8 Å². The van der Waals surface area contributed by atoms with Crippen LogP contribution in [0.1, 0.15) is 32.1 Å². The molecule has 6 heteroatoms. The first-order valence-corrected chi connectivity index (χ1v) is 9.08. The van der Waals surface area contributed by atoms with Crippen LogP contribution in [0.25, 0.3) is 0 Å². The van der Waals surface area contributed by atoms with Crippen LogP contribution in [-0.2, 0) is 14.8 Å². The van der Waals surface area contributed by atoms with Crippen LogP contribution in [0, 0.1) is 5.92 Å². The summed E-state index contributed by atoms with van der Waals surface area (Å²) in [5.41, 5.74) is 1.03. The van der Waals surface area contributed by atoms with E-state index in [1.165, 1.54) is 17.8 Å². The number of rotatable bonds is 4. The molecule has 0 spiro atoms. The number of carbonyl (C=O) groups excluding carboxylic acids is 1. The summed E-state index contributed by atoms with van der Waals surface area (Å²) in [5, 5.41) is 2.89. The Morgan fingerprint density at radius 1 is 1.19 bits per heavy atom.